The van der Waals surface area contributed by atoms with E-state index in [9.17, 15) is 14.0 Å². The predicted molar refractivity (Wildman–Crippen MR) is 99.9 cm³/mol. The highest BCUT2D eigenvalue weighted by Gasteiger charge is 2.30. The molecule has 0 aliphatic carbocycles. The summed E-state index contributed by atoms with van der Waals surface area (Å²) in [6.45, 7) is 1.68. The summed E-state index contributed by atoms with van der Waals surface area (Å²) in [4.78, 5) is 30.8. The Morgan fingerprint density at radius 3 is 2.62 bits per heavy atom. The monoisotopic (exact) mass is 368 g/mol. The number of halogens is 1. The molecule has 0 saturated carbocycles. The summed E-state index contributed by atoms with van der Waals surface area (Å²) in [6, 6.07) is 12.6. The second kappa shape index (κ2) is 6.38. The van der Waals surface area contributed by atoms with Crippen molar-refractivity contribution in [3.63, 3.8) is 0 Å². The molecule has 6 nitrogen and oxygen atoms in total. The minimum absolute atomic E-state index is 0.181. The lowest BCUT2D eigenvalue weighted by Crippen LogP contribution is -2.31. The normalized spacial score (nSPS) is 16.0. The number of anilines is 1. The van der Waals surface area contributed by atoms with Gasteiger partial charge in [0.15, 0.2) is 5.17 Å². The number of benzene rings is 2. The number of aromatic nitrogens is 2. The molecule has 0 radical (unpaired) electrons. The largest absolute Gasteiger partial charge is 0.282 e. The maximum atomic E-state index is 13.2. The van der Waals surface area contributed by atoms with Crippen LogP contribution in [0.1, 0.15) is 5.82 Å². The van der Waals surface area contributed by atoms with Crippen molar-refractivity contribution in [1.82, 2.24) is 9.66 Å². The van der Waals surface area contributed by atoms with E-state index in [2.05, 4.69) is 10.1 Å². The van der Waals surface area contributed by atoms with Crippen LogP contribution in [0.25, 0.3) is 10.9 Å². The number of rotatable bonds is 2. The molecule has 1 aromatic heterocycles. The quantitative estimate of drug-likeness (QED) is 0.698. The molecule has 0 bridgehead atoms. The Kier molecular flexibility index (Phi) is 4.04. The van der Waals surface area contributed by atoms with Gasteiger partial charge in [-0.2, -0.15) is 4.68 Å². The third kappa shape index (κ3) is 2.78. The van der Waals surface area contributed by atoms with Crippen LogP contribution in [0, 0.1) is 12.7 Å². The molecule has 1 saturated heterocycles. The number of nitrogens with zero attached hydrogens (tertiary/aromatic N) is 4. The summed E-state index contributed by atoms with van der Waals surface area (Å²) in [5.74, 6) is 0.0442. The van der Waals surface area contributed by atoms with Gasteiger partial charge in [0.2, 0.25) is 5.91 Å². The first-order valence-electron chi connectivity index (χ1n) is 7.83. The van der Waals surface area contributed by atoms with Crippen LogP contribution in [0.4, 0.5) is 10.1 Å². The number of hydrogen-bond acceptors (Lipinski definition) is 5. The van der Waals surface area contributed by atoms with Crippen molar-refractivity contribution >= 4 is 39.4 Å². The second-order valence-electron chi connectivity index (χ2n) is 5.67. The molecule has 26 heavy (non-hydrogen) atoms. The molecule has 1 amide bonds. The van der Waals surface area contributed by atoms with Crippen molar-refractivity contribution < 1.29 is 9.18 Å². The number of amidine groups is 1. The van der Waals surface area contributed by atoms with Gasteiger partial charge in [0, 0.05) is 0 Å². The van der Waals surface area contributed by atoms with Gasteiger partial charge >= 0.3 is 0 Å². The van der Waals surface area contributed by atoms with Crippen molar-refractivity contribution in [3.05, 3.63) is 70.5 Å². The summed E-state index contributed by atoms with van der Waals surface area (Å²) in [5, 5.41) is 5.17. The van der Waals surface area contributed by atoms with Gasteiger partial charge in [0.25, 0.3) is 5.56 Å². The number of fused-ring (bicyclic) bond motifs is 1. The molecule has 8 heteroatoms. The van der Waals surface area contributed by atoms with Crippen LogP contribution in [-0.2, 0) is 4.79 Å². The van der Waals surface area contributed by atoms with Crippen molar-refractivity contribution in [2.24, 2.45) is 5.10 Å². The molecular formula is C18H13FN4O2S. The minimum Gasteiger partial charge on any atom is -0.273 e. The van der Waals surface area contributed by atoms with E-state index in [1.807, 2.05) is 6.07 Å². The Morgan fingerprint density at radius 1 is 1.12 bits per heavy atom. The fraction of sp³-hybridized carbons (Fsp3) is 0.111. The first-order valence-corrected chi connectivity index (χ1v) is 8.82. The molecule has 1 aliphatic heterocycles. The zero-order valence-corrected chi connectivity index (χ0v) is 14.5. The molecule has 0 unspecified atom stereocenters. The van der Waals surface area contributed by atoms with E-state index < -0.39 is 5.82 Å². The Balaban J connectivity index is 1.85. The van der Waals surface area contributed by atoms with E-state index in [0.717, 1.165) is 0 Å². The highest BCUT2D eigenvalue weighted by Crippen LogP contribution is 2.27. The molecule has 3 aromatic rings. The SMILES string of the molecule is Cc1nc2ccccc2c(=O)n1/N=C1\SCC(=O)N1c1ccc(F)cc1. The molecule has 2 heterocycles. The van der Waals surface area contributed by atoms with Crippen LogP contribution < -0.4 is 10.5 Å². The number of amides is 1. The number of para-hydroxylation sites is 1. The lowest BCUT2D eigenvalue weighted by atomic mass is 10.2. The highest BCUT2D eigenvalue weighted by molar-refractivity contribution is 8.15. The van der Waals surface area contributed by atoms with E-state index >= 15 is 0 Å². The van der Waals surface area contributed by atoms with E-state index in [0.29, 0.717) is 27.6 Å². The van der Waals surface area contributed by atoms with Gasteiger partial charge in [-0.3, -0.25) is 14.5 Å². The molecule has 1 fully saturated rings. The summed E-state index contributed by atoms with van der Waals surface area (Å²) >= 11 is 1.22. The fourth-order valence-electron chi connectivity index (χ4n) is 2.72. The summed E-state index contributed by atoms with van der Waals surface area (Å²) in [5.41, 5.74) is 0.788. The van der Waals surface area contributed by atoms with Gasteiger partial charge in [0.1, 0.15) is 11.6 Å². The lowest BCUT2D eigenvalue weighted by Gasteiger charge is -2.16. The lowest BCUT2D eigenvalue weighted by molar-refractivity contribution is -0.115. The Morgan fingerprint density at radius 2 is 1.85 bits per heavy atom. The molecule has 0 spiro atoms. The fourth-order valence-corrected chi connectivity index (χ4v) is 3.58. The summed E-state index contributed by atoms with van der Waals surface area (Å²) in [6.07, 6.45) is 0. The molecular weight excluding hydrogens is 355 g/mol. The van der Waals surface area contributed by atoms with Crippen LogP contribution in [0.2, 0.25) is 0 Å². The number of thioether (sulfide) groups is 1. The summed E-state index contributed by atoms with van der Waals surface area (Å²) in [7, 11) is 0. The van der Waals surface area contributed by atoms with Crippen molar-refractivity contribution in [2.45, 2.75) is 6.92 Å². The second-order valence-corrected chi connectivity index (χ2v) is 6.61. The molecule has 1 aliphatic rings. The van der Waals surface area contributed by atoms with Crippen LogP contribution in [0.5, 0.6) is 0 Å². The van der Waals surface area contributed by atoms with Gasteiger partial charge in [-0.1, -0.05) is 23.9 Å². The zero-order valence-electron chi connectivity index (χ0n) is 13.7. The number of aryl methyl sites for hydroxylation is 1. The van der Waals surface area contributed by atoms with Crippen LogP contribution in [0.3, 0.4) is 0 Å². The van der Waals surface area contributed by atoms with Gasteiger partial charge in [-0.05, 0) is 43.3 Å². The Labute approximate surface area is 152 Å². The third-order valence-corrected chi connectivity index (χ3v) is 4.87. The number of hydrogen-bond donors (Lipinski definition) is 0. The predicted octanol–water partition coefficient (Wildman–Crippen LogP) is 2.74. The molecule has 4 rings (SSSR count). The molecule has 0 atom stereocenters. The van der Waals surface area contributed by atoms with E-state index in [1.54, 1.807) is 25.1 Å². The van der Waals surface area contributed by atoms with Crippen molar-refractivity contribution in [1.29, 1.82) is 0 Å². The maximum absolute atomic E-state index is 13.2. The number of carbonyl (C=O) groups is 1. The minimum atomic E-state index is -0.391. The summed E-state index contributed by atoms with van der Waals surface area (Å²) < 4.78 is 14.4. The first kappa shape index (κ1) is 16.5. The van der Waals surface area contributed by atoms with E-state index in [4.69, 9.17) is 0 Å². The van der Waals surface area contributed by atoms with Crippen LogP contribution in [0.15, 0.2) is 58.4 Å². The van der Waals surface area contributed by atoms with Crippen LogP contribution >= 0.6 is 11.8 Å². The standard InChI is InChI=1S/C18H13FN4O2S/c1-11-20-15-5-3-2-4-14(15)17(25)23(11)21-18-22(16(24)10-26-18)13-8-6-12(19)7-9-13/h2-9H,10H2,1H3/b21-18-. The first-order chi connectivity index (χ1) is 12.5. The average Bonchev–Trinajstić information content (AvgIpc) is 3.00. The van der Waals surface area contributed by atoms with Crippen molar-refractivity contribution in [2.75, 3.05) is 10.7 Å². The van der Waals surface area contributed by atoms with E-state index in [-0.39, 0.29) is 17.2 Å². The molecule has 130 valence electrons. The van der Waals surface area contributed by atoms with Gasteiger partial charge in [-0.25, -0.2) is 9.37 Å². The highest BCUT2D eigenvalue weighted by atomic mass is 32.2. The third-order valence-electron chi connectivity index (χ3n) is 3.95. The van der Waals surface area contributed by atoms with Crippen LogP contribution in [-0.4, -0.2) is 26.5 Å². The van der Waals surface area contributed by atoms with E-state index in [1.165, 1.54) is 45.6 Å². The molecule has 0 N–H and O–H groups in total. The Bertz CT molecular complexity index is 1110. The van der Waals surface area contributed by atoms with Gasteiger partial charge in [0.05, 0.1) is 22.3 Å². The smallest absolute Gasteiger partial charge is 0.273 e. The van der Waals surface area contributed by atoms with Crippen molar-refractivity contribution in [3.8, 4) is 0 Å². The zero-order chi connectivity index (χ0) is 18.3. The molecule has 2 aromatic carbocycles. The number of carbonyl (C=O) groups excluding carboxylic acids is 1. The van der Waals surface area contributed by atoms with Gasteiger partial charge in [-0.15, -0.1) is 5.10 Å². The van der Waals surface area contributed by atoms with Gasteiger partial charge < -0.3 is 0 Å². The maximum Gasteiger partial charge on any atom is 0.282 e. The topological polar surface area (TPSA) is 67.6 Å². The average molecular weight is 368 g/mol. The Hall–Kier alpha value is -3.00.